The molecule has 0 bridgehead atoms. The van der Waals surface area contributed by atoms with Crippen LogP contribution in [0.5, 0.6) is 0 Å². The van der Waals surface area contributed by atoms with Gasteiger partial charge in [0, 0.05) is 30.9 Å². The van der Waals surface area contributed by atoms with Gasteiger partial charge in [0.2, 0.25) is 5.91 Å². The third kappa shape index (κ3) is 4.00. The Morgan fingerprint density at radius 3 is 2.59 bits per heavy atom. The van der Waals surface area contributed by atoms with E-state index in [-0.39, 0.29) is 5.91 Å². The number of para-hydroxylation sites is 1. The summed E-state index contributed by atoms with van der Waals surface area (Å²) in [5.41, 5.74) is 0.470. The summed E-state index contributed by atoms with van der Waals surface area (Å²) in [7, 11) is 0. The molecule has 2 saturated heterocycles. The minimum Gasteiger partial charge on any atom is -0.444 e. The molecular weight excluding hydrogens is 434 g/mol. The molecule has 34 heavy (non-hydrogen) atoms. The Labute approximate surface area is 197 Å². The van der Waals surface area contributed by atoms with Crippen LogP contribution >= 0.6 is 0 Å². The molecule has 0 atom stereocenters. The van der Waals surface area contributed by atoms with E-state index in [2.05, 4.69) is 25.5 Å². The van der Waals surface area contributed by atoms with Crippen molar-refractivity contribution in [1.29, 1.82) is 0 Å². The molecule has 2 aliphatic rings. The van der Waals surface area contributed by atoms with Crippen molar-refractivity contribution in [3.8, 4) is 0 Å². The number of aromatic nitrogens is 3. The molecule has 2 aromatic heterocycles. The maximum Gasteiger partial charge on any atom is 0.413 e. The number of nitrogens with one attached hydrogen (secondary N) is 2. The summed E-state index contributed by atoms with van der Waals surface area (Å²) in [4.78, 5) is 34.4. The van der Waals surface area contributed by atoms with Crippen molar-refractivity contribution < 1.29 is 14.3 Å². The largest absolute Gasteiger partial charge is 0.444 e. The first kappa shape index (κ1) is 22.0. The lowest BCUT2D eigenvalue weighted by atomic mass is 9.85. The van der Waals surface area contributed by atoms with Crippen molar-refractivity contribution in [2.24, 2.45) is 0 Å². The Balaban J connectivity index is 1.38. The molecular formula is C24H29N7O3. The number of carbonyl (C=O) groups is 2. The molecule has 0 saturated carbocycles. The predicted octanol–water partition coefficient (Wildman–Crippen LogP) is 3.01. The van der Waals surface area contributed by atoms with Gasteiger partial charge in [-0.3, -0.25) is 10.1 Å². The maximum atomic E-state index is 12.9. The highest BCUT2D eigenvalue weighted by molar-refractivity contribution is 5.93. The summed E-state index contributed by atoms with van der Waals surface area (Å²) in [6, 6.07) is 13.6. The number of anilines is 3. The summed E-state index contributed by atoms with van der Waals surface area (Å²) in [5.74, 6) is 1.27. The standard InChI is InChI=1S/C24H29N7O3/c1-23(2,3)34-22(33)28-20-15-19(27-18-9-12-26-31(18)20)29-13-10-24(11-14-29)21(32)25-16-30(24)17-7-5-4-6-8-17/h4-9,12,15H,10-11,13-14,16H2,1-3H3,(H,25,32)(H,28,33). The zero-order valence-electron chi connectivity index (χ0n) is 19.6. The van der Waals surface area contributed by atoms with Gasteiger partial charge >= 0.3 is 6.09 Å². The third-order valence-electron chi connectivity index (χ3n) is 6.29. The molecule has 10 nitrogen and oxygen atoms in total. The Morgan fingerprint density at radius 2 is 1.88 bits per heavy atom. The van der Waals surface area contributed by atoms with Gasteiger partial charge in [0.1, 0.15) is 22.8 Å². The maximum absolute atomic E-state index is 12.9. The molecule has 5 rings (SSSR count). The van der Waals surface area contributed by atoms with E-state index in [0.717, 1.165) is 11.5 Å². The van der Waals surface area contributed by atoms with Crippen molar-refractivity contribution in [3.63, 3.8) is 0 Å². The van der Waals surface area contributed by atoms with Gasteiger partial charge in [-0.05, 0) is 45.7 Å². The number of ether oxygens (including phenoxy) is 1. The average molecular weight is 464 g/mol. The Kier molecular flexibility index (Phi) is 5.30. The van der Waals surface area contributed by atoms with Crippen molar-refractivity contribution in [2.75, 3.05) is 34.9 Å². The van der Waals surface area contributed by atoms with Crippen LogP contribution in [-0.4, -0.2) is 57.5 Å². The van der Waals surface area contributed by atoms with Gasteiger partial charge in [0.15, 0.2) is 5.65 Å². The number of benzene rings is 1. The number of hydrogen-bond acceptors (Lipinski definition) is 7. The van der Waals surface area contributed by atoms with E-state index in [4.69, 9.17) is 9.72 Å². The summed E-state index contributed by atoms with van der Waals surface area (Å²) in [5, 5.41) is 10.1. The predicted molar refractivity (Wildman–Crippen MR) is 129 cm³/mol. The topological polar surface area (TPSA) is 104 Å². The van der Waals surface area contributed by atoms with Crippen molar-refractivity contribution in [1.82, 2.24) is 19.9 Å². The molecule has 3 aromatic rings. The fraction of sp³-hybridized carbons (Fsp3) is 0.417. The first-order valence-corrected chi connectivity index (χ1v) is 11.5. The number of fused-ring (bicyclic) bond motifs is 1. The highest BCUT2D eigenvalue weighted by Crippen LogP contribution is 2.37. The van der Waals surface area contributed by atoms with E-state index >= 15 is 0 Å². The van der Waals surface area contributed by atoms with Crippen molar-refractivity contribution in [2.45, 2.75) is 44.8 Å². The normalized spacial score (nSPS) is 17.8. The molecule has 0 aliphatic carbocycles. The molecule has 1 spiro atoms. The molecule has 4 heterocycles. The summed E-state index contributed by atoms with van der Waals surface area (Å²) < 4.78 is 6.98. The first-order valence-electron chi connectivity index (χ1n) is 11.5. The Bertz CT molecular complexity index is 1210. The van der Waals surface area contributed by atoms with Gasteiger partial charge in [-0.25, -0.2) is 9.78 Å². The fourth-order valence-electron chi connectivity index (χ4n) is 4.70. The monoisotopic (exact) mass is 463 g/mol. The Morgan fingerprint density at radius 1 is 1.15 bits per heavy atom. The van der Waals surface area contributed by atoms with Crippen LogP contribution < -0.4 is 20.4 Å². The first-order chi connectivity index (χ1) is 16.2. The molecule has 1 aromatic carbocycles. The van der Waals surface area contributed by atoms with Gasteiger partial charge < -0.3 is 19.9 Å². The zero-order chi connectivity index (χ0) is 23.9. The van der Waals surface area contributed by atoms with Crippen LogP contribution in [0, 0.1) is 0 Å². The lowest BCUT2D eigenvalue weighted by molar-refractivity contribution is -0.124. The molecule has 2 N–H and O–H groups in total. The number of hydrogen-bond donors (Lipinski definition) is 2. The minimum absolute atomic E-state index is 0.0717. The van der Waals surface area contributed by atoms with E-state index in [9.17, 15) is 9.59 Å². The molecule has 0 unspecified atom stereocenters. The summed E-state index contributed by atoms with van der Waals surface area (Å²) >= 11 is 0. The van der Waals surface area contributed by atoms with E-state index in [1.165, 1.54) is 0 Å². The van der Waals surface area contributed by atoms with Gasteiger partial charge in [0.25, 0.3) is 0 Å². The van der Waals surface area contributed by atoms with Crippen molar-refractivity contribution in [3.05, 3.63) is 48.7 Å². The number of carbonyl (C=O) groups excluding carboxylic acids is 2. The summed E-state index contributed by atoms with van der Waals surface area (Å²) in [6.45, 7) is 7.26. The third-order valence-corrected chi connectivity index (χ3v) is 6.29. The van der Waals surface area contributed by atoms with Gasteiger partial charge in [-0.1, -0.05) is 18.2 Å². The number of piperidine rings is 1. The molecule has 10 heteroatoms. The highest BCUT2D eigenvalue weighted by atomic mass is 16.6. The number of rotatable bonds is 3. The average Bonchev–Trinajstić information content (AvgIpc) is 3.39. The van der Waals surface area contributed by atoms with E-state index in [0.29, 0.717) is 44.1 Å². The second-order valence-electron chi connectivity index (χ2n) is 9.67. The van der Waals surface area contributed by atoms with Crippen LogP contribution in [0.1, 0.15) is 33.6 Å². The second kappa shape index (κ2) is 8.19. The molecule has 2 aliphatic heterocycles. The van der Waals surface area contributed by atoms with Crippen molar-refractivity contribution >= 4 is 35.0 Å². The fourth-order valence-corrected chi connectivity index (χ4v) is 4.70. The van der Waals surface area contributed by atoms with Gasteiger partial charge in [0.05, 0.1) is 12.9 Å². The van der Waals surface area contributed by atoms with E-state index < -0.39 is 17.2 Å². The molecule has 178 valence electrons. The smallest absolute Gasteiger partial charge is 0.413 e. The van der Waals surface area contributed by atoms with E-state index in [1.807, 2.05) is 51.1 Å². The van der Waals surface area contributed by atoms with E-state index in [1.54, 1.807) is 22.8 Å². The zero-order valence-corrected chi connectivity index (χ0v) is 19.6. The molecule has 0 radical (unpaired) electrons. The molecule has 2 fully saturated rings. The van der Waals surface area contributed by atoms with Crippen LogP contribution in [0.3, 0.4) is 0 Å². The SMILES string of the molecule is CC(C)(C)OC(=O)Nc1cc(N2CCC3(CC2)C(=O)NCN3c2ccccc2)nc2ccnn12. The van der Waals surface area contributed by atoms with Crippen LogP contribution in [0.2, 0.25) is 0 Å². The highest BCUT2D eigenvalue weighted by Gasteiger charge is 2.50. The van der Waals surface area contributed by atoms with Crippen LogP contribution in [0.4, 0.5) is 22.1 Å². The van der Waals surface area contributed by atoms with Crippen LogP contribution in [0.15, 0.2) is 48.7 Å². The number of amides is 2. The number of nitrogens with zero attached hydrogens (tertiary/aromatic N) is 5. The molecule has 2 amide bonds. The second-order valence-corrected chi connectivity index (χ2v) is 9.67. The lowest BCUT2D eigenvalue weighted by Gasteiger charge is -2.43. The van der Waals surface area contributed by atoms with Gasteiger partial charge in [-0.2, -0.15) is 9.61 Å². The Hall–Kier alpha value is -3.82. The van der Waals surface area contributed by atoms with Gasteiger partial charge in [-0.15, -0.1) is 0 Å². The van der Waals surface area contributed by atoms with Crippen LogP contribution in [-0.2, 0) is 9.53 Å². The summed E-state index contributed by atoms with van der Waals surface area (Å²) in [6.07, 6.45) is 2.40. The lowest BCUT2D eigenvalue weighted by Crippen LogP contribution is -2.56. The quantitative estimate of drug-likeness (QED) is 0.615. The minimum atomic E-state index is -0.614. The van der Waals surface area contributed by atoms with Crippen LogP contribution in [0.25, 0.3) is 5.65 Å².